The summed E-state index contributed by atoms with van der Waals surface area (Å²) in [5.41, 5.74) is 2.81. The summed E-state index contributed by atoms with van der Waals surface area (Å²) in [6.45, 7) is 3.84. The molecular formula is C15H23N3O3. The molecular weight excluding hydrogens is 270 g/mol. The minimum atomic E-state index is -0.924. The van der Waals surface area contributed by atoms with Crippen molar-refractivity contribution >= 4 is 23.4 Å². The maximum Gasteiger partial charge on any atom is 0.319 e. The lowest BCUT2D eigenvalue weighted by atomic mass is 10.1. The van der Waals surface area contributed by atoms with Gasteiger partial charge in [0.1, 0.15) is 0 Å². The Kier molecular flexibility index (Phi) is 6.02. The lowest BCUT2D eigenvalue weighted by Crippen LogP contribution is -2.38. The van der Waals surface area contributed by atoms with Crippen molar-refractivity contribution in [3.8, 4) is 0 Å². The Morgan fingerprint density at radius 1 is 1.33 bits per heavy atom. The molecule has 0 fully saturated rings. The standard InChI is InChI=1S/C15H23N3O3/c1-5-11(9-14(19)20)16-15(21)17-12-7-6-10(2)13(8-12)18(3)4/h6-8,11H,5,9H2,1-4H3,(H,19,20)(H2,16,17,21). The van der Waals surface area contributed by atoms with Gasteiger partial charge in [0.25, 0.3) is 0 Å². The normalized spacial score (nSPS) is 11.6. The van der Waals surface area contributed by atoms with E-state index in [-0.39, 0.29) is 12.5 Å². The first-order valence-electron chi connectivity index (χ1n) is 6.90. The number of aliphatic carboxylic acids is 1. The van der Waals surface area contributed by atoms with Gasteiger partial charge in [-0.2, -0.15) is 0 Å². The van der Waals surface area contributed by atoms with Gasteiger partial charge in [0, 0.05) is 31.5 Å². The first-order chi connectivity index (χ1) is 9.83. The number of nitrogens with zero attached hydrogens (tertiary/aromatic N) is 1. The molecule has 1 aromatic rings. The second-order valence-corrected chi connectivity index (χ2v) is 5.20. The highest BCUT2D eigenvalue weighted by Crippen LogP contribution is 2.22. The van der Waals surface area contributed by atoms with Crippen molar-refractivity contribution in [2.45, 2.75) is 32.7 Å². The molecule has 0 bridgehead atoms. The molecule has 1 unspecified atom stereocenters. The van der Waals surface area contributed by atoms with Crippen LogP contribution in [0.4, 0.5) is 16.2 Å². The fourth-order valence-electron chi connectivity index (χ4n) is 2.03. The number of hydrogen-bond donors (Lipinski definition) is 3. The SMILES string of the molecule is CCC(CC(=O)O)NC(=O)Nc1ccc(C)c(N(C)C)c1. The summed E-state index contributed by atoms with van der Waals surface area (Å²) in [6, 6.07) is 4.87. The Morgan fingerprint density at radius 2 is 2.00 bits per heavy atom. The molecule has 0 aromatic heterocycles. The van der Waals surface area contributed by atoms with Crippen LogP contribution in [0.1, 0.15) is 25.3 Å². The molecule has 3 N–H and O–H groups in total. The topological polar surface area (TPSA) is 81.7 Å². The van der Waals surface area contributed by atoms with E-state index < -0.39 is 12.0 Å². The maximum absolute atomic E-state index is 11.9. The zero-order valence-corrected chi connectivity index (χ0v) is 12.9. The molecule has 0 aliphatic rings. The van der Waals surface area contributed by atoms with Crippen molar-refractivity contribution in [1.82, 2.24) is 5.32 Å². The number of benzene rings is 1. The molecule has 0 aliphatic heterocycles. The summed E-state index contributed by atoms with van der Waals surface area (Å²) < 4.78 is 0. The molecule has 1 atom stereocenters. The number of amides is 2. The summed E-state index contributed by atoms with van der Waals surface area (Å²) in [4.78, 5) is 24.6. The highest BCUT2D eigenvalue weighted by atomic mass is 16.4. The Bertz CT molecular complexity index is 515. The van der Waals surface area contributed by atoms with Gasteiger partial charge in [0.05, 0.1) is 6.42 Å². The van der Waals surface area contributed by atoms with E-state index in [0.717, 1.165) is 11.3 Å². The Balaban J connectivity index is 2.70. The van der Waals surface area contributed by atoms with Gasteiger partial charge in [0.15, 0.2) is 0 Å². The third-order valence-corrected chi connectivity index (χ3v) is 3.20. The Labute approximate surface area is 125 Å². The van der Waals surface area contributed by atoms with Gasteiger partial charge >= 0.3 is 12.0 Å². The zero-order chi connectivity index (χ0) is 16.0. The molecule has 0 radical (unpaired) electrons. The van der Waals surface area contributed by atoms with Crippen molar-refractivity contribution in [1.29, 1.82) is 0 Å². The van der Waals surface area contributed by atoms with E-state index in [2.05, 4.69) is 10.6 Å². The third kappa shape index (κ3) is 5.33. The molecule has 0 aliphatic carbocycles. The lowest BCUT2D eigenvalue weighted by molar-refractivity contribution is -0.137. The first kappa shape index (κ1) is 16.8. The monoisotopic (exact) mass is 293 g/mol. The predicted molar refractivity (Wildman–Crippen MR) is 84.0 cm³/mol. The summed E-state index contributed by atoms with van der Waals surface area (Å²) in [6.07, 6.45) is 0.483. The van der Waals surface area contributed by atoms with Crippen molar-refractivity contribution in [3.05, 3.63) is 23.8 Å². The van der Waals surface area contributed by atoms with E-state index in [4.69, 9.17) is 5.11 Å². The molecule has 0 heterocycles. The zero-order valence-electron chi connectivity index (χ0n) is 12.9. The van der Waals surface area contributed by atoms with E-state index >= 15 is 0 Å². The predicted octanol–water partition coefficient (Wildman–Crippen LogP) is 2.44. The number of rotatable bonds is 6. The first-order valence-corrected chi connectivity index (χ1v) is 6.90. The third-order valence-electron chi connectivity index (χ3n) is 3.20. The number of carboxylic acids is 1. The average molecular weight is 293 g/mol. The van der Waals surface area contributed by atoms with Gasteiger partial charge in [-0.05, 0) is 31.0 Å². The average Bonchev–Trinajstić information content (AvgIpc) is 2.39. The van der Waals surface area contributed by atoms with Crippen LogP contribution >= 0.6 is 0 Å². The highest BCUT2D eigenvalue weighted by molar-refractivity contribution is 5.90. The number of carbonyl (C=O) groups is 2. The van der Waals surface area contributed by atoms with Crippen LogP contribution in [0.15, 0.2) is 18.2 Å². The number of urea groups is 1. The minimum Gasteiger partial charge on any atom is -0.481 e. The van der Waals surface area contributed by atoms with Crippen LogP contribution in [0, 0.1) is 6.92 Å². The summed E-state index contributed by atoms with van der Waals surface area (Å²) in [5, 5.41) is 14.2. The van der Waals surface area contributed by atoms with Crippen LogP contribution < -0.4 is 15.5 Å². The number of carbonyl (C=O) groups excluding carboxylic acids is 1. The van der Waals surface area contributed by atoms with Crippen LogP contribution in [0.25, 0.3) is 0 Å². The molecule has 0 saturated heterocycles. The Hall–Kier alpha value is -2.24. The smallest absolute Gasteiger partial charge is 0.319 e. The number of hydrogen-bond acceptors (Lipinski definition) is 3. The number of aryl methyl sites for hydroxylation is 1. The second kappa shape index (κ2) is 7.52. The van der Waals surface area contributed by atoms with Crippen LogP contribution in [-0.4, -0.2) is 37.2 Å². The Morgan fingerprint density at radius 3 is 2.52 bits per heavy atom. The van der Waals surface area contributed by atoms with Crippen molar-refractivity contribution < 1.29 is 14.7 Å². The maximum atomic E-state index is 11.9. The van der Waals surface area contributed by atoms with Crippen LogP contribution in [-0.2, 0) is 4.79 Å². The van der Waals surface area contributed by atoms with Gasteiger partial charge in [-0.25, -0.2) is 4.79 Å². The van der Waals surface area contributed by atoms with E-state index in [1.54, 1.807) is 0 Å². The molecule has 1 rings (SSSR count). The quantitative estimate of drug-likeness (QED) is 0.752. The van der Waals surface area contributed by atoms with E-state index in [9.17, 15) is 9.59 Å². The van der Waals surface area contributed by atoms with Crippen LogP contribution in [0.5, 0.6) is 0 Å². The minimum absolute atomic E-state index is 0.0826. The molecule has 21 heavy (non-hydrogen) atoms. The molecule has 1 aromatic carbocycles. The number of anilines is 2. The van der Waals surface area contributed by atoms with Crippen LogP contribution in [0.3, 0.4) is 0 Å². The van der Waals surface area contributed by atoms with Gasteiger partial charge < -0.3 is 20.6 Å². The molecule has 0 spiro atoms. The number of nitrogens with one attached hydrogen (secondary N) is 2. The number of carboxylic acid groups (broad SMARTS) is 1. The lowest BCUT2D eigenvalue weighted by Gasteiger charge is -2.18. The summed E-state index contributed by atoms with van der Waals surface area (Å²) in [7, 11) is 3.87. The van der Waals surface area contributed by atoms with Gasteiger partial charge in [-0.3, -0.25) is 4.79 Å². The van der Waals surface area contributed by atoms with Crippen molar-refractivity contribution in [2.75, 3.05) is 24.3 Å². The van der Waals surface area contributed by atoms with E-state index in [0.29, 0.717) is 12.1 Å². The van der Waals surface area contributed by atoms with Crippen molar-refractivity contribution in [2.24, 2.45) is 0 Å². The van der Waals surface area contributed by atoms with E-state index in [1.165, 1.54) is 0 Å². The molecule has 0 saturated carbocycles. The largest absolute Gasteiger partial charge is 0.481 e. The van der Waals surface area contributed by atoms with Crippen LogP contribution in [0.2, 0.25) is 0 Å². The van der Waals surface area contributed by atoms with Gasteiger partial charge in [-0.1, -0.05) is 13.0 Å². The molecule has 6 nitrogen and oxygen atoms in total. The van der Waals surface area contributed by atoms with Crippen molar-refractivity contribution in [3.63, 3.8) is 0 Å². The summed E-state index contributed by atoms with van der Waals surface area (Å²) >= 11 is 0. The fourth-order valence-corrected chi connectivity index (χ4v) is 2.03. The summed E-state index contributed by atoms with van der Waals surface area (Å²) in [5.74, 6) is -0.924. The van der Waals surface area contributed by atoms with Gasteiger partial charge in [0.2, 0.25) is 0 Å². The molecule has 6 heteroatoms. The van der Waals surface area contributed by atoms with Gasteiger partial charge in [-0.15, -0.1) is 0 Å². The highest BCUT2D eigenvalue weighted by Gasteiger charge is 2.14. The molecule has 2 amide bonds. The molecule has 116 valence electrons. The fraction of sp³-hybridized carbons (Fsp3) is 0.467. The second-order valence-electron chi connectivity index (χ2n) is 5.20. The van der Waals surface area contributed by atoms with E-state index in [1.807, 2.05) is 51.0 Å².